The molecule has 0 unspecified atom stereocenters. The second kappa shape index (κ2) is 4.92. The third kappa shape index (κ3) is 2.52. The Morgan fingerprint density at radius 1 is 1.24 bits per heavy atom. The van der Waals surface area contributed by atoms with Crippen molar-refractivity contribution in [2.24, 2.45) is 0 Å². The number of rotatable bonds is 1. The van der Waals surface area contributed by atoms with Gasteiger partial charge in [-0.3, -0.25) is 4.79 Å². The highest BCUT2D eigenvalue weighted by atomic mass is 35.5. The molecule has 17 heavy (non-hydrogen) atoms. The third-order valence-corrected chi connectivity index (χ3v) is 3.54. The molecule has 3 heteroatoms. The summed E-state index contributed by atoms with van der Waals surface area (Å²) >= 11 is 5.82. The van der Waals surface area contributed by atoms with E-state index in [2.05, 4.69) is 6.92 Å². The normalized spacial score (nSPS) is 16.3. The number of allylic oxidation sites excluding steroid dienone is 2. The van der Waals surface area contributed by atoms with Gasteiger partial charge in [0, 0.05) is 22.8 Å². The van der Waals surface area contributed by atoms with E-state index in [1.807, 2.05) is 11.8 Å². The summed E-state index contributed by atoms with van der Waals surface area (Å²) in [6, 6.07) is 7.07. The largest absolute Gasteiger partial charge is 0.312 e. The Labute approximate surface area is 107 Å². The summed E-state index contributed by atoms with van der Waals surface area (Å²) in [7, 11) is 0. The number of benzene rings is 1. The zero-order valence-electron chi connectivity index (χ0n) is 10.2. The highest BCUT2D eigenvalue weighted by Crippen LogP contribution is 2.23. The third-order valence-electron chi connectivity index (χ3n) is 3.29. The van der Waals surface area contributed by atoms with Crippen LogP contribution in [0.5, 0.6) is 0 Å². The molecule has 0 fully saturated rings. The molecule has 1 heterocycles. The Balaban J connectivity index is 2.26. The SMILES string of the molecule is CC1=C(C)N(C(=O)c2ccc(Cl)cc2)CCC1. The summed E-state index contributed by atoms with van der Waals surface area (Å²) in [5, 5.41) is 0.656. The Kier molecular flexibility index (Phi) is 3.53. The van der Waals surface area contributed by atoms with Crippen LogP contribution in [0, 0.1) is 0 Å². The van der Waals surface area contributed by atoms with E-state index in [1.54, 1.807) is 24.3 Å². The number of hydrogen-bond donors (Lipinski definition) is 0. The van der Waals surface area contributed by atoms with Crippen molar-refractivity contribution in [1.82, 2.24) is 4.90 Å². The number of amides is 1. The molecule has 1 aliphatic heterocycles. The smallest absolute Gasteiger partial charge is 0.257 e. The van der Waals surface area contributed by atoms with Crippen LogP contribution in [0.3, 0.4) is 0 Å². The minimum Gasteiger partial charge on any atom is -0.312 e. The molecule has 1 amide bonds. The fraction of sp³-hybridized carbons (Fsp3) is 0.357. The van der Waals surface area contributed by atoms with Crippen LogP contribution in [0.2, 0.25) is 5.02 Å². The molecule has 0 aromatic heterocycles. The summed E-state index contributed by atoms with van der Waals surface area (Å²) in [6.07, 6.45) is 2.14. The second-order valence-corrected chi connectivity index (χ2v) is 4.87. The van der Waals surface area contributed by atoms with E-state index in [4.69, 9.17) is 11.6 Å². The van der Waals surface area contributed by atoms with Crippen molar-refractivity contribution in [1.29, 1.82) is 0 Å². The van der Waals surface area contributed by atoms with Crippen molar-refractivity contribution in [3.63, 3.8) is 0 Å². The van der Waals surface area contributed by atoms with E-state index < -0.39 is 0 Å². The predicted octanol–water partition coefficient (Wildman–Crippen LogP) is 3.87. The molecule has 0 aliphatic carbocycles. The average molecular weight is 250 g/mol. The van der Waals surface area contributed by atoms with Gasteiger partial charge in [0.1, 0.15) is 0 Å². The standard InChI is InChI=1S/C14H16ClNO/c1-10-4-3-9-16(11(10)2)14(17)12-5-7-13(15)8-6-12/h5-8H,3-4,9H2,1-2H3. The molecule has 2 nitrogen and oxygen atoms in total. The van der Waals surface area contributed by atoms with E-state index in [9.17, 15) is 4.79 Å². The Morgan fingerprint density at radius 2 is 1.88 bits per heavy atom. The lowest BCUT2D eigenvalue weighted by Gasteiger charge is -2.29. The number of carbonyl (C=O) groups is 1. The summed E-state index contributed by atoms with van der Waals surface area (Å²) < 4.78 is 0. The quantitative estimate of drug-likeness (QED) is 0.740. The van der Waals surface area contributed by atoms with Crippen LogP contribution in [0.25, 0.3) is 0 Å². The lowest BCUT2D eigenvalue weighted by molar-refractivity contribution is 0.0794. The Hall–Kier alpha value is -1.28. The van der Waals surface area contributed by atoms with Gasteiger partial charge in [-0.2, -0.15) is 0 Å². The van der Waals surface area contributed by atoms with Crippen molar-refractivity contribution in [3.05, 3.63) is 46.1 Å². The monoisotopic (exact) mass is 249 g/mol. The first-order valence-corrected chi connectivity index (χ1v) is 6.21. The molecule has 0 saturated carbocycles. The molecule has 0 spiro atoms. The van der Waals surface area contributed by atoms with Crippen LogP contribution in [-0.2, 0) is 0 Å². The average Bonchev–Trinajstić information content (AvgIpc) is 2.33. The topological polar surface area (TPSA) is 20.3 Å². The molecular formula is C14H16ClNO. The Morgan fingerprint density at radius 3 is 2.53 bits per heavy atom. The molecule has 0 bridgehead atoms. The molecule has 0 saturated heterocycles. The fourth-order valence-electron chi connectivity index (χ4n) is 2.08. The van der Waals surface area contributed by atoms with E-state index in [0.717, 1.165) is 25.1 Å². The molecule has 2 rings (SSSR count). The van der Waals surface area contributed by atoms with Crippen molar-refractivity contribution >= 4 is 17.5 Å². The van der Waals surface area contributed by atoms with Crippen molar-refractivity contribution in [2.45, 2.75) is 26.7 Å². The van der Waals surface area contributed by atoms with Gasteiger partial charge in [-0.1, -0.05) is 17.2 Å². The van der Waals surface area contributed by atoms with Crippen molar-refractivity contribution in [2.75, 3.05) is 6.54 Å². The first-order valence-electron chi connectivity index (χ1n) is 5.83. The van der Waals surface area contributed by atoms with E-state index in [1.165, 1.54) is 5.57 Å². The molecule has 0 atom stereocenters. The maximum atomic E-state index is 12.3. The van der Waals surface area contributed by atoms with Gasteiger partial charge in [0.05, 0.1) is 0 Å². The van der Waals surface area contributed by atoms with Crippen LogP contribution in [-0.4, -0.2) is 17.4 Å². The predicted molar refractivity (Wildman–Crippen MR) is 70.1 cm³/mol. The van der Waals surface area contributed by atoms with Crippen LogP contribution in [0.4, 0.5) is 0 Å². The molecule has 1 aromatic rings. The number of halogens is 1. The first-order chi connectivity index (χ1) is 8.09. The maximum Gasteiger partial charge on any atom is 0.257 e. The zero-order valence-corrected chi connectivity index (χ0v) is 10.9. The highest BCUT2D eigenvalue weighted by molar-refractivity contribution is 6.30. The molecule has 1 aliphatic rings. The van der Waals surface area contributed by atoms with Crippen LogP contribution in [0.1, 0.15) is 37.0 Å². The van der Waals surface area contributed by atoms with Crippen LogP contribution in [0.15, 0.2) is 35.5 Å². The molecular weight excluding hydrogens is 234 g/mol. The van der Waals surface area contributed by atoms with Gasteiger partial charge in [-0.25, -0.2) is 0 Å². The van der Waals surface area contributed by atoms with Gasteiger partial charge in [-0.15, -0.1) is 0 Å². The maximum absolute atomic E-state index is 12.3. The molecule has 0 N–H and O–H groups in total. The van der Waals surface area contributed by atoms with Crippen LogP contribution >= 0.6 is 11.6 Å². The van der Waals surface area contributed by atoms with Crippen molar-refractivity contribution < 1.29 is 4.79 Å². The van der Waals surface area contributed by atoms with Crippen molar-refractivity contribution in [3.8, 4) is 0 Å². The highest BCUT2D eigenvalue weighted by Gasteiger charge is 2.21. The summed E-state index contributed by atoms with van der Waals surface area (Å²) in [5.74, 6) is 0.0678. The molecule has 90 valence electrons. The zero-order chi connectivity index (χ0) is 12.4. The lowest BCUT2D eigenvalue weighted by Crippen LogP contribution is -2.33. The summed E-state index contributed by atoms with van der Waals surface area (Å²) in [5.41, 5.74) is 3.10. The second-order valence-electron chi connectivity index (χ2n) is 4.43. The van der Waals surface area contributed by atoms with E-state index >= 15 is 0 Å². The van der Waals surface area contributed by atoms with Gasteiger partial charge >= 0.3 is 0 Å². The first kappa shape index (κ1) is 12.2. The van der Waals surface area contributed by atoms with Gasteiger partial charge in [0.2, 0.25) is 0 Å². The Bertz CT molecular complexity index is 462. The summed E-state index contributed by atoms with van der Waals surface area (Å²) in [6.45, 7) is 4.92. The van der Waals surface area contributed by atoms with Crippen LogP contribution < -0.4 is 0 Å². The number of nitrogens with zero attached hydrogens (tertiary/aromatic N) is 1. The fourth-order valence-corrected chi connectivity index (χ4v) is 2.21. The minimum atomic E-state index is 0.0678. The van der Waals surface area contributed by atoms with Gasteiger partial charge in [0.25, 0.3) is 5.91 Å². The van der Waals surface area contributed by atoms with Gasteiger partial charge in [-0.05, 0) is 51.0 Å². The van der Waals surface area contributed by atoms with E-state index in [-0.39, 0.29) is 5.91 Å². The minimum absolute atomic E-state index is 0.0678. The number of carbonyl (C=O) groups excluding carboxylic acids is 1. The number of hydrogen-bond acceptors (Lipinski definition) is 1. The van der Waals surface area contributed by atoms with E-state index in [0.29, 0.717) is 10.6 Å². The molecule has 0 radical (unpaired) electrons. The summed E-state index contributed by atoms with van der Waals surface area (Å²) in [4.78, 5) is 14.2. The van der Waals surface area contributed by atoms with Gasteiger partial charge in [0.15, 0.2) is 0 Å². The lowest BCUT2D eigenvalue weighted by atomic mass is 10.0. The molecule has 1 aromatic carbocycles. The van der Waals surface area contributed by atoms with Gasteiger partial charge < -0.3 is 4.90 Å².